The number of thiazole rings is 1. The van der Waals surface area contributed by atoms with Crippen molar-refractivity contribution < 1.29 is 19.0 Å². The van der Waals surface area contributed by atoms with Crippen molar-refractivity contribution in [2.75, 3.05) is 32.4 Å². The zero-order valence-electron chi connectivity index (χ0n) is 13.3. The highest BCUT2D eigenvalue weighted by molar-refractivity contribution is 8.01. The molecule has 0 saturated heterocycles. The SMILES string of the molecule is COc1cc(NC(=O)CSc2nc(C)cs2)cc(OC)c1OC. The van der Waals surface area contributed by atoms with Crippen LogP contribution in [0.4, 0.5) is 5.69 Å². The third kappa shape index (κ3) is 4.52. The van der Waals surface area contributed by atoms with Gasteiger partial charge in [-0.3, -0.25) is 4.79 Å². The molecule has 0 radical (unpaired) electrons. The molecule has 0 aliphatic carbocycles. The number of thioether (sulfide) groups is 1. The molecule has 1 aromatic heterocycles. The van der Waals surface area contributed by atoms with Gasteiger partial charge in [-0.25, -0.2) is 4.98 Å². The molecule has 0 aliphatic heterocycles. The lowest BCUT2D eigenvalue weighted by molar-refractivity contribution is -0.113. The van der Waals surface area contributed by atoms with Crippen molar-refractivity contribution >= 4 is 34.7 Å². The van der Waals surface area contributed by atoms with E-state index in [-0.39, 0.29) is 11.7 Å². The summed E-state index contributed by atoms with van der Waals surface area (Å²) in [4.78, 5) is 16.4. The van der Waals surface area contributed by atoms with Crippen molar-refractivity contribution in [2.45, 2.75) is 11.3 Å². The van der Waals surface area contributed by atoms with Crippen molar-refractivity contribution in [2.24, 2.45) is 0 Å². The van der Waals surface area contributed by atoms with E-state index in [1.807, 2.05) is 12.3 Å². The van der Waals surface area contributed by atoms with E-state index in [0.717, 1.165) is 10.0 Å². The molecule has 6 nitrogen and oxygen atoms in total. The molecule has 1 aromatic carbocycles. The molecular formula is C15H18N2O4S2. The second-order valence-electron chi connectivity index (χ2n) is 4.51. The van der Waals surface area contributed by atoms with Crippen LogP contribution in [0.15, 0.2) is 21.9 Å². The van der Waals surface area contributed by atoms with Gasteiger partial charge in [0.1, 0.15) is 0 Å². The van der Waals surface area contributed by atoms with Crippen LogP contribution in [0.5, 0.6) is 17.2 Å². The number of hydrogen-bond acceptors (Lipinski definition) is 7. The Morgan fingerprint density at radius 2 is 1.87 bits per heavy atom. The van der Waals surface area contributed by atoms with E-state index in [1.54, 1.807) is 12.1 Å². The Hall–Kier alpha value is -1.93. The molecule has 124 valence electrons. The summed E-state index contributed by atoms with van der Waals surface area (Å²) >= 11 is 2.93. The number of carbonyl (C=O) groups is 1. The summed E-state index contributed by atoms with van der Waals surface area (Å²) in [6.45, 7) is 1.93. The number of nitrogens with zero attached hydrogens (tertiary/aromatic N) is 1. The van der Waals surface area contributed by atoms with Gasteiger partial charge in [0.2, 0.25) is 11.7 Å². The summed E-state index contributed by atoms with van der Waals surface area (Å²) in [5.74, 6) is 1.62. The highest BCUT2D eigenvalue weighted by atomic mass is 32.2. The van der Waals surface area contributed by atoms with Gasteiger partial charge in [0.25, 0.3) is 0 Å². The number of rotatable bonds is 7. The fraction of sp³-hybridized carbons (Fsp3) is 0.333. The summed E-state index contributed by atoms with van der Waals surface area (Å²) in [6.07, 6.45) is 0. The maximum absolute atomic E-state index is 12.1. The van der Waals surface area contributed by atoms with Crippen LogP contribution in [-0.2, 0) is 4.79 Å². The quantitative estimate of drug-likeness (QED) is 0.770. The summed E-state index contributed by atoms with van der Waals surface area (Å²) in [7, 11) is 4.60. The molecule has 0 unspecified atom stereocenters. The maximum atomic E-state index is 12.1. The molecule has 8 heteroatoms. The minimum absolute atomic E-state index is 0.128. The number of ether oxygens (including phenoxy) is 3. The number of aromatic nitrogens is 1. The molecule has 0 bridgehead atoms. The predicted octanol–water partition coefficient (Wildman–Crippen LogP) is 3.21. The van der Waals surface area contributed by atoms with Gasteiger partial charge in [-0.1, -0.05) is 11.8 Å². The molecule has 23 heavy (non-hydrogen) atoms. The van der Waals surface area contributed by atoms with Crippen LogP contribution in [0.2, 0.25) is 0 Å². The van der Waals surface area contributed by atoms with Gasteiger partial charge in [0.15, 0.2) is 15.8 Å². The smallest absolute Gasteiger partial charge is 0.234 e. The minimum atomic E-state index is -0.128. The van der Waals surface area contributed by atoms with Crippen LogP contribution < -0.4 is 19.5 Å². The second-order valence-corrected chi connectivity index (χ2v) is 6.59. The number of methoxy groups -OCH3 is 3. The Labute approximate surface area is 143 Å². The molecule has 0 spiro atoms. The molecule has 0 fully saturated rings. The van der Waals surface area contributed by atoms with Crippen molar-refractivity contribution in [1.29, 1.82) is 0 Å². The lowest BCUT2D eigenvalue weighted by atomic mass is 10.2. The predicted molar refractivity (Wildman–Crippen MR) is 92.3 cm³/mol. The van der Waals surface area contributed by atoms with E-state index in [9.17, 15) is 4.79 Å². The summed E-state index contributed by atoms with van der Waals surface area (Å²) in [6, 6.07) is 3.38. The zero-order valence-corrected chi connectivity index (χ0v) is 15.0. The van der Waals surface area contributed by atoms with E-state index in [2.05, 4.69) is 10.3 Å². The van der Waals surface area contributed by atoms with E-state index in [0.29, 0.717) is 22.9 Å². The molecule has 1 heterocycles. The number of amides is 1. The third-order valence-corrected chi connectivity index (χ3v) is 5.01. The Morgan fingerprint density at radius 1 is 1.22 bits per heavy atom. The first-order chi connectivity index (χ1) is 11.1. The normalized spacial score (nSPS) is 10.3. The first kappa shape index (κ1) is 17.4. The van der Waals surface area contributed by atoms with Crippen LogP contribution in [-0.4, -0.2) is 38.0 Å². The number of aryl methyl sites for hydroxylation is 1. The Morgan fingerprint density at radius 3 is 2.35 bits per heavy atom. The molecular weight excluding hydrogens is 336 g/mol. The Balaban J connectivity index is 2.05. The van der Waals surface area contributed by atoms with Gasteiger partial charge in [-0.05, 0) is 6.92 Å². The van der Waals surface area contributed by atoms with Crippen molar-refractivity contribution in [3.63, 3.8) is 0 Å². The Kier molecular flexibility index (Phi) is 6.12. The van der Waals surface area contributed by atoms with Crippen LogP contribution in [0.3, 0.4) is 0 Å². The average Bonchev–Trinajstić information content (AvgIpc) is 2.97. The van der Waals surface area contributed by atoms with Gasteiger partial charge in [0, 0.05) is 28.9 Å². The molecule has 1 amide bonds. The van der Waals surface area contributed by atoms with Crippen LogP contribution in [0.25, 0.3) is 0 Å². The van der Waals surface area contributed by atoms with Gasteiger partial charge < -0.3 is 19.5 Å². The van der Waals surface area contributed by atoms with E-state index in [4.69, 9.17) is 14.2 Å². The van der Waals surface area contributed by atoms with E-state index in [1.165, 1.54) is 44.4 Å². The molecule has 0 atom stereocenters. The monoisotopic (exact) mass is 354 g/mol. The standard InChI is InChI=1S/C15H18N2O4S2/c1-9-7-22-15(16-9)23-8-13(18)17-10-5-11(19-2)14(21-4)12(6-10)20-3/h5-7H,8H2,1-4H3,(H,17,18). The van der Waals surface area contributed by atoms with E-state index >= 15 is 0 Å². The second kappa shape index (κ2) is 8.07. The number of hydrogen-bond donors (Lipinski definition) is 1. The third-order valence-electron chi connectivity index (χ3n) is 2.87. The van der Waals surface area contributed by atoms with Crippen LogP contribution in [0, 0.1) is 6.92 Å². The highest BCUT2D eigenvalue weighted by Crippen LogP contribution is 2.40. The molecule has 0 saturated carbocycles. The Bertz CT molecular complexity index is 663. The lowest BCUT2D eigenvalue weighted by Crippen LogP contribution is -2.14. The van der Waals surface area contributed by atoms with Gasteiger partial charge in [-0.2, -0.15) is 0 Å². The first-order valence-electron chi connectivity index (χ1n) is 6.72. The average molecular weight is 354 g/mol. The maximum Gasteiger partial charge on any atom is 0.234 e. The number of benzene rings is 1. The fourth-order valence-corrected chi connectivity index (χ4v) is 3.53. The van der Waals surface area contributed by atoms with Crippen LogP contribution in [0.1, 0.15) is 5.69 Å². The number of anilines is 1. The summed E-state index contributed by atoms with van der Waals surface area (Å²) < 4.78 is 16.7. The molecule has 0 aliphatic rings. The largest absolute Gasteiger partial charge is 0.493 e. The molecule has 1 N–H and O–H groups in total. The number of carbonyl (C=O) groups excluding carboxylic acids is 1. The van der Waals surface area contributed by atoms with Gasteiger partial charge in [-0.15, -0.1) is 11.3 Å². The van der Waals surface area contributed by atoms with Crippen molar-refractivity contribution in [3.8, 4) is 17.2 Å². The molecule has 2 rings (SSSR count). The minimum Gasteiger partial charge on any atom is -0.493 e. The van der Waals surface area contributed by atoms with Gasteiger partial charge >= 0.3 is 0 Å². The highest BCUT2D eigenvalue weighted by Gasteiger charge is 2.14. The topological polar surface area (TPSA) is 69.7 Å². The lowest BCUT2D eigenvalue weighted by Gasteiger charge is -2.14. The van der Waals surface area contributed by atoms with Gasteiger partial charge in [0.05, 0.1) is 27.1 Å². The number of nitrogens with one attached hydrogen (secondary N) is 1. The van der Waals surface area contributed by atoms with Crippen LogP contribution >= 0.6 is 23.1 Å². The zero-order chi connectivity index (χ0) is 16.8. The summed E-state index contributed by atoms with van der Waals surface area (Å²) in [5, 5.41) is 4.78. The fourth-order valence-electron chi connectivity index (χ4n) is 1.88. The summed E-state index contributed by atoms with van der Waals surface area (Å²) in [5.41, 5.74) is 1.54. The molecule has 2 aromatic rings. The van der Waals surface area contributed by atoms with E-state index < -0.39 is 0 Å². The first-order valence-corrected chi connectivity index (χ1v) is 8.58. The van der Waals surface area contributed by atoms with Crippen molar-refractivity contribution in [3.05, 3.63) is 23.2 Å². The van der Waals surface area contributed by atoms with Crippen molar-refractivity contribution in [1.82, 2.24) is 4.98 Å².